The number of aliphatic imine (C=N–C) groups is 1. The third kappa shape index (κ3) is 5.93. The molecular formula is C22H29N7O2. The molecule has 0 aliphatic carbocycles. The van der Waals surface area contributed by atoms with Gasteiger partial charge in [-0.25, -0.2) is 4.98 Å². The van der Waals surface area contributed by atoms with Crippen LogP contribution in [0.3, 0.4) is 0 Å². The average molecular weight is 424 g/mol. The van der Waals surface area contributed by atoms with Crippen molar-refractivity contribution in [3.05, 3.63) is 59.6 Å². The van der Waals surface area contributed by atoms with Crippen molar-refractivity contribution in [2.24, 2.45) is 4.99 Å². The van der Waals surface area contributed by atoms with E-state index in [1.54, 1.807) is 13.3 Å². The Bertz CT molecular complexity index is 962. The maximum Gasteiger partial charge on any atom is 0.216 e. The quantitative estimate of drug-likeness (QED) is 0.375. The maximum absolute atomic E-state index is 5.46. The Balaban J connectivity index is 1.25. The molecule has 4 rings (SSSR count). The average Bonchev–Trinajstić information content (AvgIpc) is 3.50. The number of nitrogens with zero attached hydrogens (tertiary/aromatic N) is 4. The van der Waals surface area contributed by atoms with Gasteiger partial charge in [-0.05, 0) is 23.3 Å². The number of aromatic amines is 1. The van der Waals surface area contributed by atoms with Gasteiger partial charge >= 0.3 is 0 Å². The van der Waals surface area contributed by atoms with Crippen LogP contribution in [-0.4, -0.2) is 65.9 Å². The molecule has 3 N–H and O–H groups in total. The summed E-state index contributed by atoms with van der Waals surface area (Å²) < 4.78 is 10.8. The summed E-state index contributed by atoms with van der Waals surface area (Å²) in [6.45, 7) is 5.92. The second-order valence-corrected chi connectivity index (χ2v) is 7.34. The predicted octanol–water partition coefficient (Wildman–Crippen LogP) is 1.80. The Hall–Kier alpha value is -3.17. The fourth-order valence-electron chi connectivity index (χ4n) is 3.51. The van der Waals surface area contributed by atoms with E-state index in [2.05, 4.69) is 60.0 Å². The van der Waals surface area contributed by atoms with Crippen LogP contribution in [0.4, 0.5) is 0 Å². The van der Waals surface area contributed by atoms with Gasteiger partial charge in [0.1, 0.15) is 5.82 Å². The molecule has 0 atom stereocenters. The molecule has 1 aliphatic rings. The lowest BCUT2D eigenvalue weighted by molar-refractivity contribution is 0.0341. The second-order valence-electron chi connectivity index (χ2n) is 7.34. The molecule has 3 aromatic rings. The van der Waals surface area contributed by atoms with Crippen LogP contribution < -0.4 is 10.6 Å². The molecule has 31 heavy (non-hydrogen) atoms. The molecule has 9 nitrogen and oxygen atoms in total. The zero-order chi connectivity index (χ0) is 21.3. The third-order valence-electron chi connectivity index (χ3n) is 5.21. The van der Waals surface area contributed by atoms with Gasteiger partial charge in [-0.1, -0.05) is 24.3 Å². The van der Waals surface area contributed by atoms with Gasteiger partial charge in [-0.2, -0.15) is 5.10 Å². The van der Waals surface area contributed by atoms with Crippen molar-refractivity contribution in [3.63, 3.8) is 0 Å². The Morgan fingerprint density at radius 3 is 2.74 bits per heavy atom. The van der Waals surface area contributed by atoms with E-state index in [0.29, 0.717) is 31.1 Å². The number of benzene rings is 1. The number of ether oxygens (including phenoxy) is 1. The molecule has 2 aromatic heterocycles. The number of aromatic nitrogens is 3. The summed E-state index contributed by atoms with van der Waals surface area (Å²) in [4.78, 5) is 11.2. The highest BCUT2D eigenvalue weighted by Gasteiger charge is 2.13. The largest absolute Gasteiger partial charge is 0.461 e. The van der Waals surface area contributed by atoms with E-state index < -0.39 is 0 Å². The molecule has 0 saturated carbocycles. The molecule has 1 aromatic carbocycles. The van der Waals surface area contributed by atoms with Crippen LogP contribution in [0.15, 0.2) is 52.1 Å². The van der Waals surface area contributed by atoms with E-state index in [-0.39, 0.29) is 0 Å². The van der Waals surface area contributed by atoms with E-state index in [1.807, 2.05) is 12.1 Å². The van der Waals surface area contributed by atoms with Gasteiger partial charge < -0.3 is 19.8 Å². The highest BCUT2D eigenvalue weighted by Crippen LogP contribution is 2.14. The van der Waals surface area contributed by atoms with E-state index >= 15 is 0 Å². The Kier molecular flexibility index (Phi) is 7.30. The van der Waals surface area contributed by atoms with E-state index in [1.165, 1.54) is 11.1 Å². The summed E-state index contributed by atoms with van der Waals surface area (Å²) in [5.41, 5.74) is 2.61. The summed E-state index contributed by atoms with van der Waals surface area (Å²) >= 11 is 0. The fraction of sp³-hybridized carbons (Fsp3) is 0.409. The highest BCUT2D eigenvalue weighted by atomic mass is 16.5. The van der Waals surface area contributed by atoms with Gasteiger partial charge in [0.05, 0.1) is 19.5 Å². The standard InChI is InChI=1S/C22H29N7O2/c1-23-22(24-9-8-20-26-21(28-27-20)19-7-4-12-31-19)25-15-17-5-2-3-6-18(17)16-29-10-13-30-14-11-29/h2-7,12H,8-11,13-16H2,1H3,(H2,23,24,25)(H,26,27,28). The number of H-pyrrole nitrogens is 1. The van der Waals surface area contributed by atoms with Crippen LogP contribution in [0.5, 0.6) is 0 Å². The number of rotatable bonds is 8. The number of furan rings is 1. The van der Waals surface area contributed by atoms with Crippen molar-refractivity contribution in [2.45, 2.75) is 19.5 Å². The summed E-state index contributed by atoms with van der Waals surface area (Å²) in [7, 11) is 1.78. The monoisotopic (exact) mass is 423 g/mol. The van der Waals surface area contributed by atoms with Gasteiger partial charge in [0.15, 0.2) is 11.7 Å². The first-order valence-electron chi connectivity index (χ1n) is 10.6. The molecule has 0 radical (unpaired) electrons. The van der Waals surface area contributed by atoms with Gasteiger partial charge in [0.25, 0.3) is 0 Å². The first-order valence-corrected chi connectivity index (χ1v) is 10.6. The molecule has 164 valence electrons. The van der Waals surface area contributed by atoms with Gasteiger partial charge in [-0.15, -0.1) is 0 Å². The number of hydrogen-bond acceptors (Lipinski definition) is 6. The van der Waals surface area contributed by atoms with E-state index in [9.17, 15) is 0 Å². The molecular weight excluding hydrogens is 394 g/mol. The molecule has 0 bridgehead atoms. The Morgan fingerprint density at radius 1 is 1.13 bits per heavy atom. The lowest BCUT2D eigenvalue weighted by Crippen LogP contribution is -2.38. The topological polar surface area (TPSA) is 104 Å². The molecule has 0 amide bonds. The minimum Gasteiger partial charge on any atom is -0.461 e. The van der Waals surface area contributed by atoms with Crippen molar-refractivity contribution in [1.82, 2.24) is 30.7 Å². The minimum absolute atomic E-state index is 0.569. The van der Waals surface area contributed by atoms with Crippen LogP contribution in [-0.2, 0) is 24.2 Å². The van der Waals surface area contributed by atoms with Crippen LogP contribution in [0.1, 0.15) is 17.0 Å². The molecule has 3 heterocycles. The highest BCUT2D eigenvalue weighted by molar-refractivity contribution is 5.79. The second kappa shape index (κ2) is 10.7. The van der Waals surface area contributed by atoms with Crippen LogP contribution >= 0.6 is 0 Å². The number of hydrogen-bond donors (Lipinski definition) is 3. The normalized spacial score (nSPS) is 15.2. The van der Waals surface area contributed by atoms with Crippen LogP contribution in [0.25, 0.3) is 11.6 Å². The van der Waals surface area contributed by atoms with Gasteiger partial charge in [-0.3, -0.25) is 15.0 Å². The number of nitrogens with one attached hydrogen (secondary N) is 3. The zero-order valence-corrected chi connectivity index (χ0v) is 17.8. The van der Waals surface area contributed by atoms with Crippen molar-refractivity contribution in [2.75, 3.05) is 39.9 Å². The van der Waals surface area contributed by atoms with Crippen LogP contribution in [0.2, 0.25) is 0 Å². The number of morpholine rings is 1. The first-order chi connectivity index (χ1) is 15.3. The van der Waals surface area contributed by atoms with E-state index in [0.717, 1.165) is 44.6 Å². The van der Waals surface area contributed by atoms with Crippen molar-refractivity contribution in [1.29, 1.82) is 0 Å². The lowest BCUT2D eigenvalue weighted by Gasteiger charge is -2.27. The summed E-state index contributed by atoms with van der Waals surface area (Å²) in [6.07, 6.45) is 2.31. The summed E-state index contributed by atoms with van der Waals surface area (Å²) in [5.74, 6) is 2.78. The molecule has 1 aliphatic heterocycles. The summed E-state index contributed by atoms with van der Waals surface area (Å²) in [5, 5.41) is 13.9. The maximum atomic E-state index is 5.46. The van der Waals surface area contributed by atoms with Crippen molar-refractivity contribution >= 4 is 5.96 Å². The Morgan fingerprint density at radius 2 is 1.97 bits per heavy atom. The first kappa shape index (κ1) is 21.1. The molecule has 1 saturated heterocycles. The van der Waals surface area contributed by atoms with Gasteiger partial charge in [0.2, 0.25) is 5.82 Å². The predicted molar refractivity (Wildman–Crippen MR) is 119 cm³/mol. The smallest absolute Gasteiger partial charge is 0.216 e. The summed E-state index contributed by atoms with van der Waals surface area (Å²) in [6, 6.07) is 12.2. The fourth-order valence-corrected chi connectivity index (χ4v) is 3.51. The van der Waals surface area contributed by atoms with Crippen molar-refractivity contribution in [3.8, 4) is 11.6 Å². The van der Waals surface area contributed by atoms with Crippen molar-refractivity contribution < 1.29 is 9.15 Å². The molecule has 9 heteroatoms. The van der Waals surface area contributed by atoms with E-state index in [4.69, 9.17) is 9.15 Å². The lowest BCUT2D eigenvalue weighted by atomic mass is 10.1. The molecule has 1 fully saturated rings. The van der Waals surface area contributed by atoms with Crippen LogP contribution in [0, 0.1) is 0 Å². The van der Waals surface area contributed by atoms with Gasteiger partial charge in [0, 0.05) is 46.2 Å². The third-order valence-corrected chi connectivity index (χ3v) is 5.21. The molecule has 0 spiro atoms. The zero-order valence-electron chi connectivity index (χ0n) is 17.8. The minimum atomic E-state index is 0.569. The SMILES string of the molecule is CN=C(NCCc1nc(-c2ccco2)n[nH]1)NCc1ccccc1CN1CCOCC1. The Labute approximate surface area is 181 Å². The number of guanidine groups is 1. The molecule has 0 unspecified atom stereocenters.